The number of aromatic nitrogens is 2. The van der Waals surface area contributed by atoms with E-state index in [9.17, 15) is 0 Å². The Hall–Kier alpha value is -1.36. The standard InChI is InChI=1S/C12H11ClN2O2/c13-9-1-2-11(15-4-3-14-8-15)10(7-9)12-16-5-6-17-12/h1-4,7-8,12H,5-6H2. The SMILES string of the molecule is Clc1ccc(-n2ccnc2)c(C2OCCO2)c1. The fourth-order valence-corrected chi connectivity index (χ4v) is 2.07. The Bertz CT molecular complexity index is 507. The highest BCUT2D eigenvalue weighted by Crippen LogP contribution is 2.30. The lowest BCUT2D eigenvalue weighted by molar-refractivity contribution is -0.0440. The first kappa shape index (κ1) is 10.8. The average Bonchev–Trinajstić information content (AvgIpc) is 3.02. The zero-order valence-corrected chi connectivity index (χ0v) is 9.80. The lowest BCUT2D eigenvalue weighted by atomic mass is 10.1. The molecule has 3 rings (SSSR count). The molecule has 0 spiro atoms. The van der Waals surface area contributed by atoms with E-state index in [2.05, 4.69) is 4.98 Å². The maximum atomic E-state index is 6.02. The van der Waals surface area contributed by atoms with Gasteiger partial charge < -0.3 is 14.0 Å². The molecule has 0 atom stereocenters. The van der Waals surface area contributed by atoms with Crippen LogP contribution in [-0.4, -0.2) is 22.8 Å². The number of imidazole rings is 1. The number of ether oxygens (including phenoxy) is 2. The second-order valence-electron chi connectivity index (χ2n) is 3.75. The summed E-state index contributed by atoms with van der Waals surface area (Å²) in [5.74, 6) is 0. The zero-order chi connectivity index (χ0) is 11.7. The van der Waals surface area contributed by atoms with Gasteiger partial charge in [0.15, 0.2) is 6.29 Å². The molecule has 0 radical (unpaired) electrons. The van der Waals surface area contributed by atoms with Gasteiger partial charge in [-0.05, 0) is 18.2 Å². The summed E-state index contributed by atoms with van der Waals surface area (Å²) in [6.45, 7) is 1.22. The molecular weight excluding hydrogens is 240 g/mol. The van der Waals surface area contributed by atoms with Crippen LogP contribution in [0.5, 0.6) is 0 Å². The summed E-state index contributed by atoms with van der Waals surface area (Å²) in [5, 5.41) is 0.669. The third-order valence-electron chi connectivity index (χ3n) is 2.65. The van der Waals surface area contributed by atoms with Crippen molar-refractivity contribution in [3.8, 4) is 5.69 Å². The van der Waals surface area contributed by atoms with Crippen molar-refractivity contribution in [2.24, 2.45) is 0 Å². The van der Waals surface area contributed by atoms with Crippen molar-refractivity contribution >= 4 is 11.6 Å². The predicted molar refractivity (Wildman–Crippen MR) is 63.2 cm³/mol. The quantitative estimate of drug-likeness (QED) is 0.822. The number of hydrogen-bond acceptors (Lipinski definition) is 3. The highest BCUT2D eigenvalue weighted by molar-refractivity contribution is 6.30. The Balaban J connectivity index is 2.07. The summed E-state index contributed by atoms with van der Waals surface area (Å²) in [4.78, 5) is 4.04. The van der Waals surface area contributed by atoms with Gasteiger partial charge in [0.05, 0.1) is 25.2 Å². The van der Waals surface area contributed by atoms with Crippen LogP contribution < -0.4 is 0 Å². The molecule has 88 valence electrons. The van der Waals surface area contributed by atoms with Crippen molar-refractivity contribution in [2.75, 3.05) is 13.2 Å². The molecule has 1 saturated heterocycles. The fourth-order valence-electron chi connectivity index (χ4n) is 1.89. The van der Waals surface area contributed by atoms with Gasteiger partial charge in [0.1, 0.15) is 0 Å². The summed E-state index contributed by atoms with van der Waals surface area (Å²) < 4.78 is 12.9. The first-order chi connectivity index (χ1) is 8.34. The number of benzene rings is 1. The van der Waals surface area contributed by atoms with Gasteiger partial charge in [-0.25, -0.2) is 4.98 Å². The fraction of sp³-hybridized carbons (Fsp3) is 0.250. The van der Waals surface area contributed by atoms with Crippen LogP contribution >= 0.6 is 11.6 Å². The second kappa shape index (κ2) is 4.49. The monoisotopic (exact) mass is 250 g/mol. The van der Waals surface area contributed by atoms with Crippen LogP contribution in [0.2, 0.25) is 5.02 Å². The molecular formula is C12H11ClN2O2. The molecule has 0 bridgehead atoms. The number of rotatable bonds is 2. The van der Waals surface area contributed by atoms with Gasteiger partial charge in [0.2, 0.25) is 0 Å². The van der Waals surface area contributed by atoms with Gasteiger partial charge in [-0.15, -0.1) is 0 Å². The smallest absolute Gasteiger partial charge is 0.186 e. The first-order valence-electron chi connectivity index (χ1n) is 5.35. The molecule has 1 aliphatic rings. The Kier molecular flexibility index (Phi) is 2.84. The Morgan fingerprint density at radius 1 is 1.29 bits per heavy atom. The molecule has 17 heavy (non-hydrogen) atoms. The van der Waals surface area contributed by atoms with E-state index in [1.807, 2.05) is 29.0 Å². The van der Waals surface area contributed by atoms with Crippen molar-refractivity contribution in [1.29, 1.82) is 0 Å². The van der Waals surface area contributed by atoms with Crippen LogP contribution in [0.25, 0.3) is 5.69 Å². The third kappa shape index (κ3) is 2.07. The number of hydrogen-bond donors (Lipinski definition) is 0. The van der Waals surface area contributed by atoms with Gasteiger partial charge >= 0.3 is 0 Å². The van der Waals surface area contributed by atoms with E-state index < -0.39 is 0 Å². The maximum Gasteiger partial charge on any atom is 0.186 e. The van der Waals surface area contributed by atoms with Crippen LogP contribution in [0.15, 0.2) is 36.9 Å². The summed E-state index contributed by atoms with van der Waals surface area (Å²) in [5.41, 5.74) is 1.90. The Morgan fingerprint density at radius 2 is 2.12 bits per heavy atom. The normalized spacial score (nSPS) is 16.5. The lowest BCUT2D eigenvalue weighted by Crippen LogP contribution is -2.04. The van der Waals surface area contributed by atoms with Gasteiger partial charge in [-0.2, -0.15) is 0 Å². The molecule has 0 saturated carbocycles. The number of halogens is 1. The zero-order valence-electron chi connectivity index (χ0n) is 9.04. The molecule has 4 nitrogen and oxygen atoms in total. The van der Waals surface area contributed by atoms with E-state index in [0.29, 0.717) is 18.2 Å². The van der Waals surface area contributed by atoms with E-state index >= 15 is 0 Å². The minimum atomic E-state index is -0.342. The molecule has 1 fully saturated rings. The molecule has 0 amide bonds. The topological polar surface area (TPSA) is 36.3 Å². The molecule has 0 unspecified atom stereocenters. The molecule has 1 aliphatic heterocycles. The Morgan fingerprint density at radius 3 is 2.82 bits per heavy atom. The van der Waals surface area contributed by atoms with Crippen LogP contribution in [0.4, 0.5) is 0 Å². The number of nitrogens with zero attached hydrogens (tertiary/aromatic N) is 2. The van der Waals surface area contributed by atoms with Crippen LogP contribution in [0, 0.1) is 0 Å². The van der Waals surface area contributed by atoms with Crippen LogP contribution in [-0.2, 0) is 9.47 Å². The highest BCUT2D eigenvalue weighted by atomic mass is 35.5. The van der Waals surface area contributed by atoms with E-state index in [0.717, 1.165) is 11.3 Å². The molecule has 1 aromatic heterocycles. The molecule has 5 heteroatoms. The van der Waals surface area contributed by atoms with E-state index in [1.165, 1.54) is 0 Å². The van der Waals surface area contributed by atoms with Crippen molar-refractivity contribution in [3.63, 3.8) is 0 Å². The first-order valence-corrected chi connectivity index (χ1v) is 5.73. The highest BCUT2D eigenvalue weighted by Gasteiger charge is 2.22. The Labute approximate surface area is 104 Å². The van der Waals surface area contributed by atoms with E-state index in [-0.39, 0.29) is 6.29 Å². The minimum Gasteiger partial charge on any atom is -0.346 e. The van der Waals surface area contributed by atoms with Crippen molar-refractivity contribution in [3.05, 3.63) is 47.5 Å². The van der Waals surface area contributed by atoms with E-state index in [4.69, 9.17) is 21.1 Å². The maximum absolute atomic E-state index is 6.02. The molecule has 0 aliphatic carbocycles. The minimum absolute atomic E-state index is 0.342. The van der Waals surface area contributed by atoms with Gasteiger partial charge in [-0.3, -0.25) is 0 Å². The van der Waals surface area contributed by atoms with Gasteiger partial charge in [0.25, 0.3) is 0 Å². The largest absolute Gasteiger partial charge is 0.346 e. The molecule has 2 heterocycles. The predicted octanol–water partition coefficient (Wildman–Crippen LogP) is 2.57. The van der Waals surface area contributed by atoms with Crippen LogP contribution in [0.3, 0.4) is 0 Å². The average molecular weight is 251 g/mol. The van der Waals surface area contributed by atoms with Gasteiger partial charge in [0, 0.05) is 23.0 Å². The van der Waals surface area contributed by atoms with E-state index in [1.54, 1.807) is 12.5 Å². The van der Waals surface area contributed by atoms with Crippen LogP contribution in [0.1, 0.15) is 11.9 Å². The third-order valence-corrected chi connectivity index (χ3v) is 2.88. The molecule has 0 N–H and O–H groups in total. The summed E-state index contributed by atoms with van der Waals surface area (Å²) >= 11 is 6.02. The van der Waals surface area contributed by atoms with Gasteiger partial charge in [-0.1, -0.05) is 11.6 Å². The molecule has 2 aromatic rings. The molecule has 1 aromatic carbocycles. The lowest BCUT2D eigenvalue weighted by Gasteiger charge is -2.15. The second-order valence-corrected chi connectivity index (χ2v) is 4.18. The van der Waals surface area contributed by atoms with Crippen molar-refractivity contribution in [1.82, 2.24) is 9.55 Å². The summed E-state index contributed by atoms with van der Waals surface area (Å²) in [6, 6.07) is 5.65. The van der Waals surface area contributed by atoms with Crippen molar-refractivity contribution in [2.45, 2.75) is 6.29 Å². The summed E-state index contributed by atoms with van der Waals surface area (Å²) in [7, 11) is 0. The summed E-state index contributed by atoms with van der Waals surface area (Å²) in [6.07, 6.45) is 5.00. The van der Waals surface area contributed by atoms with Crippen molar-refractivity contribution < 1.29 is 9.47 Å².